The van der Waals surface area contributed by atoms with Gasteiger partial charge in [-0.3, -0.25) is 9.97 Å². The molecule has 3 heterocycles. The first-order valence-electron chi connectivity index (χ1n) is 10.3. The molecule has 0 unspecified atom stereocenters. The molecule has 3 aromatic heterocycles. The van der Waals surface area contributed by atoms with Gasteiger partial charge in [0.1, 0.15) is 22.4 Å². The van der Waals surface area contributed by atoms with Crippen LogP contribution in [0.15, 0.2) is 36.7 Å². The Morgan fingerprint density at radius 3 is 2.71 bits per heavy atom. The number of ether oxygens (including phenoxy) is 1. The van der Waals surface area contributed by atoms with Crippen LogP contribution in [-0.4, -0.2) is 32.3 Å². The van der Waals surface area contributed by atoms with Crippen molar-refractivity contribution >= 4 is 29.2 Å². The van der Waals surface area contributed by atoms with Gasteiger partial charge in [-0.2, -0.15) is 11.8 Å². The van der Waals surface area contributed by atoms with Gasteiger partial charge in [-0.05, 0) is 57.6 Å². The van der Waals surface area contributed by atoms with E-state index in [9.17, 15) is 0 Å². The number of aromatic nitrogens is 4. The van der Waals surface area contributed by atoms with Crippen molar-refractivity contribution in [3.8, 4) is 5.75 Å². The smallest absolute Gasteiger partial charge is 0.149 e. The standard InChI is InChI=1S/C23H28ClN5OS/c1-16-20(14-27-23-22(24)17(2)28-18(3)29-23)26-11-9-21(16)30-12-6-7-13-31-15-19-8-4-5-10-25-19/h4-5,8-11H,6-7,12-15H2,1-3H3,(H,27,28,29). The van der Waals surface area contributed by atoms with Crippen LogP contribution in [0.5, 0.6) is 5.75 Å². The van der Waals surface area contributed by atoms with E-state index in [0.29, 0.717) is 29.8 Å². The summed E-state index contributed by atoms with van der Waals surface area (Å²) in [5, 5.41) is 3.81. The zero-order valence-corrected chi connectivity index (χ0v) is 19.8. The van der Waals surface area contributed by atoms with Crippen molar-refractivity contribution in [1.29, 1.82) is 0 Å². The number of nitrogens with one attached hydrogen (secondary N) is 1. The molecule has 0 saturated carbocycles. The second kappa shape index (κ2) is 11.9. The average Bonchev–Trinajstić information content (AvgIpc) is 2.77. The molecule has 6 nitrogen and oxygen atoms in total. The first-order chi connectivity index (χ1) is 15.0. The average molecular weight is 458 g/mol. The third-order valence-corrected chi connectivity index (χ3v) is 6.26. The first kappa shape index (κ1) is 23.3. The van der Waals surface area contributed by atoms with Gasteiger partial charge in [0, 0.05) is 23.7 Å². The van der Waals surface area contributed by atoms with Crippen LogP contribution in [0.4, 0.5) is 5.82 Å². The molecule has 0 aromatic carbocycles. The Bertz CT molecular complexity index is 987. The minimum Gasteiger partial charge on any atom is -0.493 e. The lowest BCUT2D eigenvalue weighted by atomic mass is 10.2. The highest BCUT2D eigenvalue weighted by atomic mass is 35.5. The van der Waals surface area contributed by atoms with E-state index in [1.807, 2.05) is 56.9 Å². The maximum absolute atomic E-state index is 6.32. The molecule has 0 saturated heterocycles. The molecule has 3 rings (SSSR count). The van der Waals surface area contributed by atoms with Crippen molar-refractivity contribution in [3.05, 3.63) is 70.2 Å². The Labute approximate surface area is 193 Å². The van der Waals surface area contributed by atoms with E-state index in [0.717, 1.165) is 52.7 Å². The van der Waals surface area contributed by atoms with Crippen LogP contribution in [0, 0.1) is 20.8 Å². The maximum Gasteiger partial charge on any atom is 0.149 e. The number of nitrogens with zero attached hydrogens (tertiary/aromatic N) is 4. The van der Waals surface area contributed by atoms with E-state index < -0.39 is 0 Å². The number of anilines is 1. The number of aryl methyl sites for hydroxylation is 2. The molecular weight excluding hydrogens is 430 g/mol. The van der Waals surface area contributed by atoms with Crippen LogP contribution < -0.4 is 10.1 Å². The number of pyridine rings is 2. The van der Waals surface area contributed by atoms with Gasteiger partial charge in [0.25, 0.3) is 0 Å². The van der Waals surface area contributed by atoms with E-state index in [-0.39, 0.29) is 0 Å². The Kier molecular flexibility index (Phi) is 8.91. The van der Waals surface area contributed by atoms with Crippen LogP contribution in [0.2, 0.25) is 5.02 Å². The molecule has 0 aliphatic rings. The van der Waals surface area contributed by atoms with Crippen molar-refractivity contribution in [2.75, 3.05) is 17.7 Å². The molecule has 0 atom stereocenters. The van der Waals surface area contributed by atoms with E-state index in [1.54, 1.807) is 6.20 Å². The molecule has 0 fully saturated rings. The number of unbranched alkanes of at least 4 members (excludes halogenated alkanes) is 1. The highest BCUT2D eigenvalue weighted by Gasteiger charge is 2.11. The lowest BCUT2D eigenvalue weighted by Gasteiger charge is -2.14. The SMILES string of the molecule is Cc1nc(C)c(Cl)c(NCc2nccc(OCCCCSCc3ccccn3)c2C)n1. The van der Waals surface area contributed by atoms with Crippen LogP contribution >= 0.6 is 23.4 Å². The molecule has 0 aliphatic heterocycles. The molecule has 3 aromatic rings. The molecule has 31 heavy (non-hydrogen) atoms. The van der Waals surface area contributed by atoms with Crippen LogP contribution in [0.25, 0.3) is 0 Å². The number of hydrogen-bond donors (Lipinski definition) is 1. The summed E-state index contributed by atoms with van der Waals surface area (Å²) in [4.78, 5) is 17.5. The molecular formula is C23H28ClN5OS. The fourth-order valence-electron chi connectivity index (χ4n) is 3.03. The van der Waals surface area contributed by atoms with Gasteiger partial charge in [-0.15, -0.1) is 0 Å². The predicted octanol–water partition coefficient (Wildman–Crippen LogP) is 5.55. The van der Waals surface area contributed by atoms with E-state index in [4.69, 9.17) is 16.3 Å². The summed E-state index contributed by atoms with van der Waals surface area (Å²) in [7, 11) is 0. The second-order valence-electron chi connectivity index (χ2n) is 7.18. The van der Waals surface area contributed by atoms with Crippen LogP contribution in [0.3, 0.4) is 0 Å². The third-order valence-electron chi connectivity index (χ3n) is 4.73. The number of halogens is 1. The summed E-state index contributed by atoms with van der Waals surface area (Å²) in [6.45, 7) is 6.96. The molecule has 164 valence electrons. The summed E-state index contributed by atoms with van der Waals surface area (Å²) in [5.41, 5.74) is 3.83. The highest BCUT2D eigenvalue weighted by molar-refractivity contribution is 7.98. The zero-order valence-electron chi connectivity index (χ0n) is 18.2. The van der Waals surface area contributed by atoms with E-state index in [2.05, 4.69) is 31.3 Å². The Hall–Kier alpha value is -2.38. The van der Waals surface area contributed by atoms with Crippen molar-refractivity contribution in [3.63, 3.8) is 0 Å². The summed E-state index contributed by atoms with van der Waals surface area (Å²) in [6.07, 6.45) is 5.75. The summed E-state index contributed by atoms with van der Waals surface area (Å²) >= 11 is 8.23. The quantitative estimate of drug-likeness (QED) is 0.378. The van der Waals surface area contributed by atoms with Gasteiger partial charge in [0.2, 0.25) is 0 Å². The van der Waals surface area contributed by atoms with Crippen molar-refractivity contribution in [1.82, 2.24) is 19.9 Å². The van der Waals surface area contributed by atoms with Gasteiger partial charge in [0.05, 0.1) is 30.2 Å². The van der Waals surface area contributed by atoms with Gasteiger partial charge < -0.3 is 10.1 Å². The molecule has 8 heteroatoms. The normalized spacial score (nSPS) is 10.8. The maximum atomic E-state index is 6.32. The van der Waals surface area contributed by atoms with E-state index in [1.165, 1.54) is 0 Å². The van der Waals surface area contributed by atoms with Gasteiger partial charge in [-0.25, -0.2) is 9.97 Å². The largest absolute Gasteiger partial charge is 0.493 e. The predicted molar refractivity (Wildman–Crippen MR) is 128 cm³/mol. The second-order valence-corrected chi connectivity index (χ2v) is 8.67. The fraction of sp³-hybridized carbons (Fsp3) is 0.391. The molecule has 1 N–H and O–H groups in total. The van der Waals surface area contributed by atoms with E-state index >= 15 is 0 Å². The lowest BCUT2D eigenvalue weighted by Crippen LogP contribution is -2.09. The minimum atomic E-state index is 0.517. The van der Waals surface area contributed by atoms with Crippen LogP contribution in [-0.2, 0) is 12.3 Å². The Balaban J connectivity index is 1.43. The Morgan fingerprint density at radius 2 is 1.90 bits per heavy atom. The summed E-state index contributed by atoms with van der Waals surface area (Å²) in [6, 6.07) is 7.96. The lowest BCUT2D eigenvalue weighted by molar-refractivity contribution is 0.307. The summed E-state index contributed by atoms with van der Waals surface area (Å²) in [5.74, 6) is 4.24. The van der Waals surface area contributed by atoms with Gasteiger partial charge in [-0.1, -0.05) is 17.7 Å². The summed E-state index contributed by atoms with van der Waals surface area (Å²) < 4.78 is 6.02. The Morgan fingerprint density at radius 1 is 1.03 bits per heavy atom. The zero-order chi connectivity index (χ0) is 22.1. The van der Waals surface area contributed by atoms with Gasteiger partial charge in [0.15, 0.2) is 0 Å². The van der Waals surface area contributed by atoms with Gasteiger partial charge >= 0.3 is 0 Å². The number of hydrogen-bond acceptors (Lipinski definition) is 7. The molecule has 0 amide bonds. The van der Waals surface area contributed by atoms with Crippen molar-refractivity contribution < 1.29 is 4.74 Å². The highest BCUT2D eigenvalue weighted by Crippen LogP contribution is 2.24. The van der Waals surface area contributed by atoms with Crippen LogP contribution in [0.1, 0.15) is 41.3 Å². The van der Waals surface area contributed by atoms with Crippen molar-refractivity contribution in [2.24, 2.45) is 0 Å². The third kappa shape index (κ3) is 7.08. The number of thioether (sulfide) groups is 1. The minimum absolute atomic E-state index is 0.517. The molecule has 0 aliphatic carbocycles. The monoisotopic (exact) mass is 457 g/mol. The van der Waals surface area contributed by atoms with Crippen molar-refractivity contribution in [2.45, 2.75) is 45.9 Å². The fourth-order valence-corrected chi connectivity index (χ4v) is 4.11. The molecule has 0 bridgehead atoms. The number of rotatable bonds is 11. The molecule has 0 radical (unpaired) electrons. The topological polar surface area (TPSA) is 72.8 Å². The first-order valence-corrected chi connectivity index (χ1v) is 11.9. The molecule has 0 spiro atoms.